The summed E-state index contributed by atoms with van der Waals surface area (Å²) < 4.78 is 0. The standard InChI is InChI=1S/C40H57N7O4S/c1-27-34-25-36(48)43-31(13-7-8-18-41-38(50)28-9-3-2-4-10-28)24-37(49)45-21-16-33(17-22-45)47-26-32(42-30-11-5-6-12-30)23-35(47)40(51)46-19-14-29(15-20-46)39(44-34)52-27/h2-4,9-10,29-33,35,42H,5-8,11-26H2,1H3,(H,41,50)(H,43,48)/t31-,32-,35-/m0/s1. The molecule has 52 heavy (non-hydrogen) atoms. The van der Waals surface area contributed by atoms with Crippen molar-refractivity contribution in [3.8, 4) is 0 Å². The fraction of sp³-hybridized carbons (Fsp3) is 0.675. The summed E-state index contributed by atoms with van der Waals surface area (Å²) in [5, 5.41) is 11.2. The summed E-state index contributed by atoms with van der Waals surface area (Å²) in [5.74, 6) is 0.440. The molecular formula is C40H57N7O4S. The molecule has 4 fully saturated rings. The Morgan fingerprint density at radius 2 is 1.65 bits per heavy atom. The fourth-order valence-corrected chi connectivity index (χ4v) is 10.4. The normalized spacial score (nSPS) is 27.9. The maximum atomic E-state index is 14.3. The van der Waals surface area contributed by atoms with E-state index in [-0.39, 0.29) is 54.6 Å². The SMILES string of the molecule is Cc1sc2nc1CC(=O)N[C@@H](CCCCNC(=O)c1ccccc1)CC(=O)N1CCC(CC1)N1C[C@@H](NC3CCCC3)C[C@H]1C(=O)N1CCC2CC1. The van der Waals surface area contributed by atoms with Crippen LogP contribution in [0.1, 0.15) is 115 Å². The maximum Gasteiger partial charge on any atom is 0.251 e. The number of thiazole rings is 1. The van der Waals surface area contributed by atoms with Crippen LogP contribution in [0.25, 0.3) is 0 Å². The molecule has 3 atom stereocenters. The summed E-state index contributed by atoms with van der Waals surface area (Å²) in [4.78, 5) is 66.6. The van der Waals surface area contributed by atoms with Gasteiger partial charge in [0, 0.05) is 86.2 Å². The van der Waals surface area contributed by atoms with Crippen LogP contribution in [0.2, 0.25) is 0 Å². The highest BCUT2D eigenvalue weighted by molar-refractivity contribution is 7.11. The van der Waals surface area contributed by atoms with Crippen LogP contribution >= 0.6 is 11.3 Å². The highest BCUT2D eigenvalue weighted by atomic mass is 32.1. The molecule has 6 bridgehead atoms. The average molecular weight is 732 g/mol. The molecule has 7 heterocycles. The Morgan fingerprint density at radius 1 is 0.923 bits per heavy atom. The number of fused-ring (bicyclic) bond motifs is 2. The monoisotopic (exact) mass is 731 g/mol. The number of carbonyl (C=O) groups excluding carboxylic acids is 4. The van der Waals surface area contributed by atoms with Gasteiger partial charge in [-0.25, -0.2) is 4.98 Å². The molecule has 3 saturated heterocycles. The molecule has 6 aliphatic heterocycles. The van der Waals surface area contributed by atoms with Crippen molar-refractivity contribution in [2.75, 3.05) is 39.3 Å². The third kappa shape index (κ3) is 9.05. The van der Waals surface area contributed by atoms with E-state index in [0.717, 1.165) is 80.2 Å². The number of benzene rings is 1. The molecule has 0 radical (unpaired) electrons. The van der Waals surface area contributed by atoms with Crippen LogP contribution in [0.4, 0.5) is 0 Å². The van der Waals surface area contributed by atoms with E-state index in [0.29, 0.717) is 49.6 Å². The molecule has 11 nitrogen and oxygen atoms in total. The number of carbonyl (C=O) groups is 4. The first-order valence-electron chi connectivity index (χ1n) is 20.0. The lowest BCUT2D eigenvalue weighted by Gasteiger charge is -2.41. The minimum Gasteiger partial charge on any atom is -0.353 e. The zero-order valence-electron chi connectivity index (χ0n) is 30.8. The van der Waals surface area contributed by atoms with E-state index in [4.69, 9.17) is 4.98 Å². The average Bonchev–Trinajstić information content (AvgIpc) is 3.92. The summed E-state index contributed by atoms with van der Waals surface area (Å²) in [6.07, 6.45) is 12.0. The zero-order chi connectivity index (χ0) is 36.0. The Hall–Kier alpha value is -3.35. The highest BCUT2D eigenvalue weighted by Crippen LogP contribution is 2.35. The van der Waals surface area contributed by atoms with Crippen molar-refractivity contribution in [2.24, 2.45) is 0 Å². The number of hydrogen-bond acceptors (Lipinski definition) is 8. The molecule has 1 saturated carbocycles. The number of amides is 4. The molecule has 0 spiro atoms. The van der Waals surface area contributed by atoms with Crippen LogP contribution in [0.3, 0.4) is 0 Å². The molecule has 12 heteroatoms. The molecule has 2 aromatic rings. The third-order valence-corrected chi connectivity index (χ3v) is 13.4. The van der Waals surface area contributed by atoms with Crippen LogP contribution in [0.5, 0.6) is 0 Å². The van der Waals surface area contributed by atoms with Gasteiger partial charge in [0.25, 0.3) is 5.91 Å². The predicted octanol–water partition coefficient (Wildman–Crippen LogP) is 4.15. The molecule has 1 aliphatic carbocycles. The van der Waals surface area contributed by atoms with Crippen molar-refractivity contribution in [1.29, 1.82) is 0 Å². The topological polar surface area (TPSA) is 127 Å². The van der Waals surface area contributed by atoms with Crippen LogP contribution in [-0.4, -0.2) is 113 Å². The van der Waals surface area contributed by atoms with Gasteiger partial charge in [-0.15, -0.1) is 11.3 Å². The number of rotatable bonds is 8. The lowest BCUT2D eigenvalue weighted by molar-refractivity contribution is -0.139. The zero-order valence-corrected chi connectivity index (χ0v) is 31.6. The van der Waals surface area contributed by atoms with Gasteiger partial charge in [0.2, 0.25) is 17.7 Å². The van der Waals surface area contributed by atoms with Gasteiger partial charge in [-0.1, -0.05) is 31.0 Å². The van der Waals surface area contributed by atoms with Crippen molar-refractivity contribution in [3.63, 3.8) is 0 Å². The summed E-state index contributed by atoms with van der Waals surface area (Å²) in [6, 6.07) is 9.94. The van der Waals surface area contributed by atoms with Gasteiger partial charge in [0.05, 0.1) is 23.2 Å². The quantitative estimate of drug-likeness (QED) is 0.349. The largest absolute Gasteiger partial charge is 0.353 e. The Labute approximate surface area is 312 Å². The summed E-state index contributed by atoms with van der Waals surface area (Å²) >= 11 is 1.68. The van der Waals surface area contributed by atoms with E-state index in [2.05, 4.69) is 25.8 Å². The predicted molar refractivity (Wildman–Crippen MR) is 202 cm³/mol. The van der Waals surface area contributed by atoms with Gasteiger partial charge in [-0.2, -0.15) is 0 Å². The second-order valence-electron chi connectivity index (χ2n) is 15.8. The van der Waals surface area contributed by atoms with Crippen molar-refractivity contribution in [2.45, 2.75) is 133 Å². The minimum atomic E-state index is -0.293. The first-order valence-corrected chi connectivity index (χ1v) is 20.8. The fourth-order valence-electron chi connectivity index (χ4n) is 9.25. The summed E-state index contributed by atoms with van der Waals surface area (Å²) in [7, 11) is 0. The van der Waals surface area contributed by atoms with Gasteiger partial charge < -0.3 is 25.8 Å². The molecule has 9 rings (SSSR count). The number of unbranched alkanes of at least 4 members (excludes halogenated alkanes) is 1. The van der Waals surface area contributed by atoms with Gasteiger partial charge in [0.1, 0.15) is 0 Å². The molecule has 3 N–H and O–H groups in total. The van der Waals surface area contributed by atoms with E-state index >= 15 is 0 Å². The van der Waals surface area contributed by atoms with E-state index < -0.39 is 0 Å². The van der Waals surface area contributed by atoms with Crippen molar-refractivity contribution < 1.29 is 19.2 Å². The molecule has 0 unspecified atom stereocenters. The second-order valence-corrected chi connectivity index (χ2v) is 17.1. The number of hydrogen-bond donors (Lipinski definition) is 3. The van der Waals surface area contributed by atoms with E-state index in [1.165, 1.54) is 25.7 Å². The smallest absolute Gasteiger partial charge is 0.251 e. The number of nitrogens with zero attached hydrogens (tertiary/aromatic N) is 4. The van der Waals surface area contributed by atoms with Gasteiger partial charge >= 0.3 is 0 Å². The first kappa shape index (κ1) is 37.0. The van der Waals surface area contributed by atoms with Gasteiger partial charge in [-0.05, 0) is 83.3 Å². The summed E-state index contributed by atoms with van der Waals surface area (Å²) in [5.41, 5.74) is 1.45. The summed E-state index contributed by atoms with van der Waals surface area (Å²) in [6.45, 7) is 6.29. The van der Waals surface area contributed by atoms with Crippen molar-refractivity contribution in [3.05, 3.63) is 51.5 Å². The van der Waals surface area contributed by atoms with Gasteiger partial charge in [-0.3, -0.25) is 24.1 Å². The minimum absolute atomic E-state index is 0.0703. The molecule has 4 amide bonds. The Balaban J connectivity index is 1.04. The first-order chi connectivity index (χ1) is 25.3. The van der Waals surface area contributed by atoms with Crippen LogP contribution in [-0.2, 0) is 20.8 Å². The van der Waals surface area contributed by atoms with Crippen LogP contribution in [0, 0.1) is 6.92 Å². The maximum absolute atomic E-state index is 14.3. The highest BCUT2D eigenvalue weighted by Gasteiger charge is 2.44. The number of nitrogens with one attached hydrogen (secondary N) is 3. The van der Waals surface area contributed by atoms with E-state index in [9.17, 15) is 19.2 Å². The van der Waals surface area contributed by atoms with Crippen molar-refractivity contribution >= 4 is 35.0 Å². The van der Waals surface area contributed by atoms with Crippen LogP contribution < -0.4 is 16.0 Å². The van der Waals surface area contributed by atoms with E-state index in [1.807, 2.05) is 30.0 Å². The lowest BCUT2D eigenvalue weighted by atomic mass is 9.96. The van der Waals surface area contributed by atoms with E-state index in [1.54, 1.807) is 23.5 Å². The Bertz CT molecular complexity index is 1550. The Kier molecular flexibility index (Phi) is 12.2. The molecule has 7 aliphatic rings. The number of piperidine rings is 2. The molecule has 1 aromatic carbocycles. The number of aryl methyl sites for hydroxylation is 1. The second kappa shape index (κ2) is 17.2. The third-order valence-electron chi connectivity index (χ3n) is 12.2. The lowest BCUT2D eigenvalue weighted by Crippen LogP contribution is -2.54. The Morgan fingerprint density at radius 3 is 2.40 bits per heavy atom. The molecular weight excluding hydrogens is 675 g/mol. The van der Waals surface area contributed by atoms with Crippen molar-refractivity contribution in [1.82, 2.24) is 35.6 Å². The molecule has 1 aromatic heterocycles. The molecule has 282 valence electrons. The van der Waals surface area contributed by atoms with Gasteiger partial charge in [0.15, 0.2) is 0 Å². The van der Waals surface area contributed by atoms with Crippen LogP contribution in [0.15, 0.2) is 30.3 Å². The number of aromatic nitrogens is 1.